The van der Waals surface area contributed by atoms with E-state index in [0.717, 1.165) is 12.2 Å². The molecule has 106 valence electrons. The third kappa shape index (κ3) is 4.84. The van der Waals surface area contributed by atoms with Gasteiger partial charge < -0.3 is 10.2 Å². The molecule has 0 saturated heterocycles. The quantitative estimate of drug-likeness (QED) is 0.822. The standard InChI is InChI=1S/C14H22N2O2S/c1-16(9-10-19(2,17)18)14-6-4-3-5-12(14)11-15-13-7-8-13/h3-6,13,15H,7-11H2,1-2H3. The van der Waals surface area contributed by atoms with Crippen LogP contribution in [0.15, 0.2) is 24.3 Å². The number of anilines is 1. The van der Waals surface area contributed by atoms with Gasteiger partial charge in [-0.1, -0.05) is 18.2 Å². The molecule has 1 aliphatic carbocycles. The zero-order chi connectivity index (χ0) is 13.9. The molecule has 1 fully saturated rings. The Morgan fingerprint density at radius 3 is 2.63 bits per heavy atom. The summed E-state index contributed by atoms with van der Waals surface area (Å²) in [5.74, 6) is 0.188. The van der Waals surface area contributed by atoms with Gasteiger partial charge in [0.15, 0.2) is 0 Å². The Kier molecular flexibility index (Phi) is 4.47. The van der Waals surface area contributed by atoms with E-state index in [0.29, 0.717) is 12.6 Å². The Morgan fingerprint density at radius 1 is 1.32 bits per heavy atom. The molecule has 0 unspecified atom stereocenters. The van der Waals surface area contributed by atoms with Gasteiger partial charge in [0, 0.05) is 38.1 Å². The second-order valence-corrected chi connectivity index (χ2v) is 7.60. The van der Waals surface area contributed by atoms with Crippen LogP contribution < -0.4 is 10.2 Å². The summed E-state index contributed by atoms with van der Waals surface area (Å²) in [5, 5.41) is 3.50. The molecule has 1 aliphatic rings. The van der Waals surface area contributed by atoms with E-state index in [4.69, 9.17) is 0 Å². The predicted molar refractivity (Wildman–Crippen MR) is 79.3 cm³/mol. The van der Waals surface area contributed by atoms with Crippen molar-refractivity contribution in [3.8, 4) is 0 Å². The third-order valence-corrected chi connectivity index (χ3v) is 4.28. The highest BCUT2D eigenvalue weighted by Crippen LogP contribution is 2.23. The zero-order valence-corrected chi connectivity index (χ0v) is 12.4. The summed E-state index contributed by atoms with van der Waals surface area (Å²) in [6.07, 6.45) is 3.82. The molecule has 5 heteroatoms. The Bertz CT molecular complexity index is 524. The molecular formula is C14H22N2O2S. The van der Waals surface area contributed by atoms with Crippen LogP contribution in [0.3, 0.4) is 0 Å². The molecule has 0 radical (unpaired) electrons. The van der Waals surface area contributed by atoms with Crippen LogP contribution in [0, 0.1) is 0 Å². The van der Waals surface area contributed by atoms with Gasteiger partial charge in [0.2, 0.25) is 0 Å². The summed E-state index contributed by atoms with van der Waals surface area (Å²) >= 11 is 0. The van der Waals surface area contributed by atoms with Crippen LogP contribution in [-0.2, 0) is 16.4 Å². The van der Waals surface area contributed by atoms with Gasteiger partial charge in [0.25, 0.3) is 0 Å². The maximum Gasteiger partial charge on any atom is 0.149 e. The molecule has 0 spiro atoms. The van der Waals surface area contributed by atoms with Gasteiger partial charge in [-0.25, -0.2) is 8.42 Å². The van der Waals surface area contributed by atoms with Crippen molar-refractivity contribution < 1.29 is 8.42 Å². The molecule has 0 heterocycles. The van der Waals surface area contributed by atoms with Gasteiger partial charge in [0.05, 0.1) is 5.75 Å². The normalized spacial score (nSPS) is 15.5. The van der Waals surface area contributed by atoms with Crippen molar-refractivity contribution in [2.45, 2.75) is 25.4 Å². The van der Waals surface area contributed by atoms with E-state index >= 15 is 0 Å². The first kappa shape index (κ1) is 14.3. The smallest absolute Gasteiger partial charge is 0.149 e. The van der Waals surface area contributed by atoms with E-state index in [9.17, 15) is 8.42 Å². The number of para-hydroxylation sites is 1. The molecule has 2 rings (SSSR count). The summed E-state index contributed by atoms with van der Waals surface area (Å²) in [5.41, 5.74) is 2.34. The topological polar surface area (TPSA) is 49.4 Å². The largest absolute Gasteiger partial charge is 0.373 e. The summed E-state index contributed by atoms with van der Waals surface area (Å²) in [6.45, 7) is 1.38. The second-order valence-electron chi connectivity index (χ2n) is 5.34. The molecule has 1 N–H and O–H groups in total. The van der Waals surface area contributed by atoms with E-state index in [1.54, 1.807) is 0 Å². The maximum absolute atomic E-state index is 11.2. The summed E-state index contributed by atoms with van der Waals surface area (Å²) in [4.78, 5) is 2.02. The van der Waals surface area contributed by atoms with Crippen molar-refractivity contribution >= 4 is 15.5 Å². The Balaban J connectivity index is 2.00. The molecular weight excluding hydrogens is 260 g/mol. The second kappa shape index (κ2) is 5.92. The minimum Gasteiger partial charge on any atom is -0.373 e. The van der Waals surface area contributed by atoms with E-state index in [1.165, 1.54) is 24.7 Å². The molecule has 0 bridgehead atoms. The van der Waals surface area contributed by atoms with Gasteiger partial charge in [-0.05, 0) is 24.5 Å². The Hall–Kier alpha value is -1.07. The van der Waals surface area contributed by atoms with Gasteiger partial charge in [0.1, 0.15) is 9.84 Å². The average Bonchev–Trinajstić information content (AvgIpc) is 3.17. The number of nitrogens with zero attached hydrogens (tertiary/aromatic N) is 1. The average molecular weight is 282 g/mol. The van der Waals surface area contributed by atoms with Crippen molar-refractivity contribution in [2.24, 2.45) is 0 Å². The van der Waals surface area contributed by atoms with Crippen molar-refractivity contribution in [3.63, 3.8) is 0 Å². The van der Waals surface area contributed by atoms with Crippen LogP contribution in [0.25, 0.3) is 0 Å². The monoisotopic (exact) mass is 282 g/mol. The maximum atomic E-state index is 11.2. The first-order chi connectivity index (χ1) is 8.96. The van der Waals surface area contributed by atoms with Crippen molar-refractivity contribution in [1.82, 2.24) is 5.32 Å². The van der Waals surface area contributed by atoms with Crippen LogP contribution in [0.2, 0.25) is 0 Å². The fraction of sp³-hybridized carbons (Fsp3) is 0.571. The molecule has 0 amide bonds. The van der Waals surface area contributed by atoms with E-state index < -0.39 is 9.84 Å². The minimum atomic E-state index is -2.91. The van der Waals surface area contributed by atoms with Crippen molar-refractivity contribution in [2.75, 3.05) is 30.5 Å². The number of sulfone groups is 1. The van der Waals surface area contributed by atoms with E-state index in [-0.39, 0.29) is 5.75 Å². The molecule has 0 atom stereocenters. The highest BCUT2D eigenvalue weighted by atomic mass is 32.2. The molecule has 1 saturated carbocycles. The predicted octanol–water partition coefficient (Wildman–Crippen LogP) is 1.42. The van der Waals surface area contributed by atoms with Gasteiger partial charge >= 0.3 is 0 Å². The highest BCUT2D eigenvalue weighted by molar-refractivity contribution is 7.90. The first-order valence-electron chi connectivity index (χ1n) is 6.66. The number of benzene rings is 1. The SMILES string of the molecule is CN(CCS(C)(=O)=O)c1ccccc1CNC1CC1. The number of hydrogen-bond acceptors (Lipinski definition) is 4. The third-order valence-electron chi connectivity index (χ3n) is 3.36. The fourth-order valence-electron chi connectivity index (χ4n) is 2.00. The van der Waals surface area contributed by atoms with Crippen LogP contribution in [0.5, 0.6) is 0 Å². The lowest BCUT2D eigenvalue weighted by atomic mass is 10.1. The highest BCUT2D eigenvalue weighted by Gasteiger charge is 2.20. The molecule has 19 heavy (non-hydrogen) atoms. The van der Waals surface area contributed by atoms with Crippen LogP contribution in [0.1, 0.15) is 18.4 Å². The van der Waals surface area contributed by atoms with E-state index in [1.807, 2.05) is 30.1 Å². The molecule has 1 aromatic carbocycles. The van der Waals surface area contributed by atoms with Crippen LogP contribution >= 0.6 is 0 Å². The first-order valence-corrected chi connectivity index (χ1v) is 8.72. The summed E-state index contributed by atoms with van der Waals surface area (Å²) in [7, 11) is -0.967. The number of rotatable bonds is 7. The number of nitrogens with one attached hydrogen (secondary N) is 1. The Morgan fingerprint density at radius 2 is 2.00 bits per heavy atom. The lowest BCUT2D eigenvalue weighted by Gasteiger charge is -2.22. The molecule has 4 nitrogen and oxygen atoms in total. The van der Waals surface area contributed by atoms with Crippen molar-refractivity contribution in [3.05, 3.63) is 29.8 Å². The molecule has 0 aliphatic heterocycles. The van der Waals surface area contributed by atoms with Gasteiger partial charge in [-0.15, -0.1) is 0 Å². The van der Waals surface area contributed by atoms with Gasteiger partial charge in [-0.3, -0.25) is 0 Å². The fourth-order valence-corrected chi connectivity index (χ4v) is 2.60. The minimum absolute atomic E-state index is 0.188. The number of hydrogen-bond donors (Lipinski definition) is 1. The molecule has 1 aromatic rings. The molecule has 0 aromatic heterocycles. The Labute approximate surface area is 115 Å². The van der Waals surface area contributed by atoms with Crippen molar-refractivity contribution in [1.29, 1.82) is 0 Å². The summed E-state index contributed by atoms with van der Waals surface area (Å²) < 4.78 is 22.5. The van der Waals surface area contributed by atoms with Crippen LogP contribution in [-0.4, -0.2) is 40.1 Å². The van der Waals surface area contributed by atoms with Crippen LogP contribution in [0.4, 0.5) is 5.69 Å². The van der Waals surface area contributed by atoms with E-state index in [2.05, 4.69) is 11.4 Å². The summed E-state index contributed by atoms with van der Waals surface area (Å²) in [6, 6.07) is 8.84. The van der Waals surface area contributed by atoms with Gasteiger partial charge in [-0.2, -0.15) is 0 Å². The zero-order valence-electron chi connectivity index (χ0n) is 11.6. The lowest BCUT2D eigenvalue weighted by molar-refractivity contribution is 0.601. The lowest BCUT2D eigenvalue weighted by Crippen LogP contribution is -2.27.